The summed E-state index contributed by atoms with van der Waals surface area (Å²) < 4.78 is 6.68. The quantitative estimate of drug-likeness (QED) is 0.886. The van der Waals surface area contributed by atoms with Crippen molar-refractivity contribution < 1.29 is 4.74 Å². The van der Waals surface area contributed by atoms with E-state index >= 15 is 0 Å². The first-order chi connectivity index (χ1) is 8.24. The van der Waals surface area contributed by atoms with E-state index in [9.17, 15) is 0 Å². The van der Waals surface area contributed by atoms with Crippen LogP contribution in [0.5, 0.6) is 5.75 Å². The van der Waals surface area contributed by atoms with Crippen LogP contribution in [0.1, 0.15) is 31.2 Å². The molecule has 2 N–H and O–H groups in total. The fourth-order valence-corrected chi connectivity index (χ4v) is 2.85. The van der Waals surface area contributed by atoms with E-state index < -0.39 is 0 Å². The minimum atomic E-state index is 0.438. The fourth-order valence-electron chi connectivity index (χ4n) is 1.76. The maximum absolute atomic E-state index is 5.58. The summed E-state index contributed by atoms with van der Waals surface area (Å²) in [5.41, 5.74) is 6.63. The lowest BCUT2D eigenvalue weighted by atomic mass is 10.1. The summed E-state index contributed by atoms with van der Waals surface area (Å²) in [6, 6.07) is 6.06. The molecule has 0 aliphatic rings. The van der Waals surface area contributed by atoms with Crippen LogP contribution >= 0.6 is 11.3 Å². The average Bonchev–Trinajstić information content (AvgIpc) is 2.73. The third kappa shape index (κ3) is 2.76. The molecule has 0 saturated heterocycles. The lowest BCUT2D eigenvalue weighted by molar-refractivity contribution is 0.341. The first-order valence-corrected chi connectivity index (χ1v) is 6.79. The van der Waals surface area contributed by atoms with Gasteiger partial charge in [-0.1, -0.05) is 6.92 Å². The summed E-state index contributed by atoms with van der Waals surface area (Å²) in [5.74, 6) is 1.36. The Morgan fingerprint density at radius 3 is 3.00 bits per heavy atom. The molecule has 1 heterocycles. The predicted octanol–water partition coefficient (Wildman–Crippen LogP) is 3.15. The van der Waals surface area contributed by atoms with Crippen molar-refractivity contribution in [2.75, 3.05) is 13.2 Å². The molecule has 0 spiro atoms. The van der Waals surface area contributed by atoms with Gasteiger partial charge >= 0.3 is 0 Å². The molecule has 2 aromatic rings. The Bertz CT molecular complexity index is 495. The van der Waals surface area contributed by atoms with Crippen molar-refractivity contribution in [3.8, 4) is 5.75 Å². The Kier molecular flexibility index (Phi) is 3.97. The molecular weight excluding hydrogens is 232 g/mol. The minimum absolute atomic E-state index is 0.438. The molecule has 3 nitrogen and oxygen atoms in total. The monoisotopic (exact) mass is 250 g/mol. The van der Waals surface area contributed by atoms with E-state index in [0.717, 1.165) is 17.7 Å². The molecule has 0 aliphatic heterocycles. The van der Waals surface area contributed by atoms with Gasteiger partial charge in [0, 0.05) is 5.92 Å². The maximum Gasteiger partial charge on any atom is 0.120 e. The molecular formula is C13H18N2OS. The van der Waals surface area contributed by atoms with Gasteiger partial charge in [0.2, 0.25) is 0 Å². The second-order valence-corrected chi connectivity index (χ2v) is 5.16. The highest BCUT2D eigenvalue weighted by molar-refractivity contribution is 7.18. The van der Waals surface area contributed by atoms with Crippen molar-refractivity contribution in [3.63, 3.8) is 0 Å². The lowest BCUT2D eigenvalue weighted by Crippen LogP contribution is -2.03. The SMILES string of the molecule is CCOc1ccc2nc(C(C)CCN)sc2c1. The van der Waals surface area contributed by atoms with Crippen LogP contribution in [-0.2, 0) is 0 Å². The summed E-state index contributed by atoms with van der Waals surface area (Å²) in [7, 11) is 0. The fraction of sp³-hybridized carbons (Fsp3) is 0.462. The number of hydrogen-bond acceptors (Lipinski definition) is 4. The summed E-state index contributed by atoms with van der Waals surface area (Å²) in [4.78, 5) is 4.64. The number of nitrogens with zero attached hydrogens (tertiary/aromatic N) is 1. The van der Waals surface area contributed by atoms with Gasteiger partial charge in [0.15, 0.2) is 0 Å². The van der Waals surface area contributed by atoms with Gasteiger partial charge in [0.25, 0.3) is 0 Å². The van der Waals surface area contributed by atoms with Gasteiger partial charge in [0.05, 0.1) is 21.8 Å². The molecule has 1 aromatic heterocycles. The van der Waals surface area contributed by atoms with Gasteiger partial charge in [-0.05, 0) is 38.1 Å². The summed E-state index contributed by atoms with van der Waals surface area (Å²) in [6.45, 7) is 5.57. The highest BCUT2D eigenvalue weighted by Crippen LogP contribution is 2.31. The number of benzene rings is 1. The summed E-state index contributed by atoms with van der Waals surface area (Å²) in [6.07, 6.45) is 0.984. The molecule has 0 aliphatic carbocycles. The highest BCUT2D eigenvalue weighted by Gasteiger charge is 2.11. The van der Waals surface area contributed by atoms with Crippen LogP contribution in [0.4, 0.5) is 0 Å². The van der Waals surface area contributed by atoms with Crippen molar-refractivity contribution in [2.24, 2.45) is 5.73 Å². The molecule has 0 bridgehead atoms. The van der Waals surface area contributed by atoms with Crippen LogP contribution in [0.3, 0.4) is 0 Å². The van der Waals surface area contributed by atoms with Gasteiger partial charge < -0.3 is 10.5 Å². The number of rotatable bonds is 5. The Balaban J connectivity index is 2.30. The Labute approximate surface area is 106 Å². The zero-order valence-electron chi connectivity index (χ0n) is 10.3. The molecule has 1 unspecified atom stereocenters. The van der Waals surface area contributed by atoms with Gasteiger partial charge in [-0.15, -0.1) is 11.3 Å². The molecule has 92 valence electrons. The van der Waals surface area contributed by atoms with Crippen molar-refractivity contribution >= 4 is 21.6 Å². The van der Waals surface area contributed by atoms with Crippen LogP contribution in [-0.4, -0.2) is 18.1 Å². The molecule has 0 amide bonds. The number of ether oxygens (including phenoxy) is 1. The predicted molar refractivity (Wildman–Crippen MR) is 72.9 cm³/mol. The van der Waals surface area contributed by atoms with Crippen LogP contribution in [0.25, 0.3) is 10.2 Å². The maximum atomic E-state index is 5.58. The minimum Gasteiger partial charge on any atom is -0.494 e. The first-order valence-electron chi connectivity index (χ1n) is 5.98. The van der Waals surface area contributed by atoms with E-state index in [1.165, 1.54) is 9.71 Å². The third-order valence-corrected chi connectivity index (χ3v) is 3.96. The summed E-state index contributed by atoms with van der Waals surface area (Å²) >= 11 is 1.74. The van der Waals surface area contributed by atoms with Crippen LogP contribution < -0.4 is 10.5 Å². The van der Waals surface area contributed by atoms with E-state index in [2.05, 4.69) is 18.0 Å². The molecule has 1 aromatic carbocycles. The molecule has 0 radical (unpaired) electrons. The van der Waals surface area contributed by atoms with Crippen LogP contribution in [0, 0.1) is 0 Å². The molecule has 4 heteroatoms. The van der Waals surface area contributed by atoms with Gasteiger partial charge in [-0.3, -0.25) is 0 Å². The van der Waals surface area contributed by atoms with Gasteiger partial charge in [-0.25, -0.2) is 4.98 Å². The normalized spacial score (nSPS) is 12.9. The zero-order valence-corrected chi connectivity index (χ0v) is 11.1. The van der Waals surface area contributed by atoms with Crippen LogP contribution in [0.15, 0.2) is 18.2 Å². The topological polar surface area (TPSA) is 48.1 Å². The molecule has 0 saturated carbocycles. The van der Waals surface area contributed by atoms with E-state index in [-0.39, 0.29) is 0 Å². The smallest absolute Gasteiger partial charge is 0.120 e. The van der Waals surface area contributed by atoms with E-state index in [4.69, 9.17) is 10.5 Å². The average molecular weight is 250 g/mol. The number of aromatic nitrogens is 1. The molecule has 0 fully saturated rings. The molecule has 2 rings (SSSR count). The van der Waals surface area contributed by atoms with Gasteiger partial charge in [-0.2, -0.15) is 0 Å². The standard InChI is InChI=1S/C13H18N2OS/c1-3-16-10-4-5-11-12(8-10)17-13(15-11)9(2)6-7-14/h4-5,8-9H,3,6-7,14H2,1-2H3. The van der Waals surface area contributed by atoms with E-state index in [0.29, 0.717) is 19.1 Å². The summed E-state index contributed by atoms with van der Waals surface area (Å²) in [5, 5.41) is 1.17. The zero-order chi connectivity index (χ0) is 12.3. The number of fused-ring (bicyclic) bond motifs is 1. The molecule has 17 heavy (non-hydrogen) atoms. The second kappa shape index (κ2) is 5.47. The van der Waals surface area contributed by atoms with Gasteiger partial charge in [0.1, 0.15) is 5.75 Å². The highest BCUT2D eigenvalue weighted by atomic mass is 32.1. The largest absolute Gasteiger partial charge is 0.494 e. The van der Waals surface area contributed by atoms with E-state index in [1.54, 1.807) is 11.3 Å². The van der Waals surface area contributed by atoms with Crippen LogP contribution in [0.2, 0.25) is 0 Å². The van der Waals surface area contributed by atoms with Crippen molar-refractivity contribution in [2.45, 2.75) is 26.2 Å². The first kappa shape index (κ1) is 12.3. The van der Waals surface area contributed by atoms with Crippen molar-refractivity contribution in [3.05, 3.63) is 23.2 Å². The Morgan fingerprint density at radius 2 is 2.29 bits per heavy atom. The van der Waals surface area contributed by atoms with Crippen molar-refractivity contribution in [1.82, 2.24) is 4.98 Å². The number of hydrogen-bond donors (Lipinski definition) is 1. The Morgan fingerprint density at radius 1 is 1.47 bits per heavy atom. The number of thiazole rings is 1. The molecule has 1 atom stereocenters. The van der Waals surface area contributed by atoms with E-state index in [1.807, 2.05) is 19.1 Å². The van der Waals surface area contributed by atoms with Crippen molar-refractivity contribution in [1.29, 1.82) is 0 Å². The number of nitrogens with two attached hydrogens (primary N) is 1. The Hall–Kier alpha value is -1.13. The third-order valence-electron chi connectivity index (χ3n) is 2.71. The second-order valence-electron chi connectivity index (χ2n) is 4.09. The lowest BCUT2D eigenvalue weighted by Gasteiger charge is -2.03.